The first-order chi connectivity index (χ1) is 18.8. The predicted octanol–water partition coefficient (Wildman–Crippen LogP) is 5.16. The van der Waals surface area contributed by atoms with Gasteiger partial charge in [0.05, 0.1) is 12.0 Å². The van der Waals surface area contributed by atoms with E-state index in [1.54, 1.807) is 11.3 Å². The number of ether oxygens (including phenoxy) is 3. The molecule has 2 fully saturated rings. The second kappa shape index (κ2) is 10.6. The van der Waals surface area contributed by atoms with Crippen molar-refractivity contribution in [1.82, 2.24) is 14.9 Å². The van der Waals surface area contributed by atoms with Gasteiger partial charge in [-0.2, -0.15) is 9.97 Å². The Balaban J connectivity index is 1.13. The van der Waals surface area contributed by atoms with E-state index in [2.05, 4.69) is 35.0 Å². The molecule has 1 amide bonds. The molecule has 0 aliphatic carbocycles. The number of nitrogens with zero attached hydrogens (tertiary/aromatic N) is 4. The van der Waals surface area contributed by atoms with Crippen LogP contribution in [0.25, 0.3) is 21.3 Å². The topological polar surface area (TPSA) is 77.0 Å². The number of benzene rings is 2. The van der Waals surface area contributed by atoms with Crippen LogP contribution in [0.15, 0.2) is 60.7 Å². The number of aryl methyl sites for hydroxylation is 1. The summed E-state index contributed by atoms with van der Waals surface area (Å²) in [5.41, 5.74) is 2.95. The summed E-state index contributed by atoms with van der Waals surface area (Å²) in [5.74, 6) is 0.303. The highest BCUT2D eigenvalue weighted by atomic mass is 32.1. The van der Waals surface area contributed by atoms with Gasteiger partial charge in [-0.3, -0.25) is 4.79 Å². The van der Waals surface area contributed by atoms with Crippen molar-refractivity contribution in [3.8, 4) is 17.1 Å². The van der Waals surface area contributed by atoms with Crippen LogP contribution in [0.1, 0.15) is 29.1 Å². The number of hydrogen-bond donors (Lipinski definition) is 0. The maximum absolute atomic E-state index is 13.3. The van der Waals surface area contributed by atoms with Crippen molar-refractivity contribution in [3.05, 3.63) is 71.1 Å². The zero-order valence-corrected chi connectivity index (χ0v) is 23.2. The fraction of sp³-hybridized carbons (Fsp3) is 0.367. The van der Waals surface area contributed by atoms with Gasteiger partial charge in [0, 0.05) is 36.6 Å². The summed E-state index contributed by atoms with van der Waals surface area (Å²) in [6.07, 6.45) is -0.163. The average Bonchev–Trinajstić information content (AvgIpc) is 3.51. The lowest BCUT2D eigenvalue weighted by molar-refractivity contribution is -0.141. The molecule has 0 spiro atoms. The van der Waals surface area contributed by atoms with E-state index < -0.39 is 5.79 Å². The molecule has 0 saturated carbocycles. The Morgan fingerprint density at radius 3 is 2.44 bits per heavy atom. The molecular weight excluding hydrogens is 512 g/mol. The van der Waals surface area contributed by atoms with E-state index in [0.717, 1.165) is 27.2 Å². The monoisotopic (exact) mass is 544 g/mol. The zero-order valence-electron chi connectivity index (χ0n) is 22.4. The van der Waals surface area contributed by atoms with Crippen LogP contribution in [0, 0.1) is 6.92 Å². The van der Waals surface area contributed by atoms with E-state index in [1.165, 1.54) is 4.88 Å². The number of piperazine rings is 1. The van der Waals surface area contributed by atoms with Gasteiger partial charge in [-0.25, -0.2) is 0 Å². The third-order valence-corrected chi connectivity index (χ3v) is 7.99. The van der Waals surface area contributed by atoms with Gasteiger partial charge in [0.25, 0.3) is 5.91 Å². The lowest BCUT2D eigenvalue weighted by atomic mass is 10.0. The van der Waals surface area contributed by atoms with Gasteiger partial charge in [0.15, 0.2) is 5.79 Å². The molecule has 2 aliphatic heterocycles. The number of fused-ring (bicyclic) bond motifs is 1. The summed E-state index contributed by atoms with van der Waals surface area (Å²) in [5, 5.41) is 1.02. The summed E-state index contributed by atoms with van der Waals surface area (Å²) < 4.78 is 17.5. The van der Waals surface area contributed by atoms with Gasteiger partial charge in [-0.05, 0) is 50.1 Å². The van der Waals surface area contributed by atoms with Crippen LogP contribution in [-0.2, 0) is 9.47 Å². The maximum atomic E-state index is 13.3. The fourth-order valence-electron chi connectivity index (χ4n) is 5.07. The smallest absolute Gasteiger partial charge is 0.319 e. The quantitative estimate of drug-likeness (QED) is 0.332. The first-order valence-corrected chi connectivity index (χ1v) is 14.1. The summed E-state index contributed by atoms with van der Waals surface area (Å²) in [7, 11) is 0. The number of amides is 1. The summed E-state index contributed by atoms with van der Waals surface area (Å²) >= 11 is 1.63. The van der Waals surface area contributed by atoms with Crippen molar-refractivity contribution in [2.24, 2.45) is 0 Å². The van der Waals surface area contributed by atoms with E-state index in [-0.39, 0.29) is 12.0 Å². The Hall–Kier alpha value is -3.53. The van der Waals surface area contributed by atoms with Gasteiger partial charge < -0.3 is 24.0 Å². The van der Waals surface area contributed by atoms with E-state index in [1.807, 2.05) is 61.2 Å². The highest BCUT2D eigenvalue weighted by molar-refractivity contribution is 7.18. The molecule has 0 bridgehead atoms. The van der Waals surface area contributed by atoms with Crippen LogP contribution in [0.4, 0.5) is 5.82 Å². The minimum absolute atomic E-state index is 0.0548. The molecule has 0 unspecified atom stereocenters. The van der Waals surface area contributed by atoms with Crippen LogP contribution in [-0.4, -0.2) is 72.1 Å². The number of rotatable bonds is 6. The highest BCUT2D eigenvalue weighted by Gasteiger charge is 2.33. The molecule has 0 radical (unpaired) electrons. The van der Waals surface area contributed by atoms with E-state index in [4.69, 9.17) is 19.2 Å². The number of aromatic nitrogens is 2. The third kappa shape index (κ3) is 5.61. The number of hydrogen-bond acceptors (Lipinski definition) is 8. The Morgan fingerprint density at radius 2 is 1.74 bits per heavy atom. The second-order valence-electron chi connectivity index (χ2n) is 10.4. The molecule has 39 heavy (non-hydrogen) atoms. The van der Waals surface area contributed by atoms with Crippen LogP contribution in [0.5, 0.6) is 6.01 Å². The van der Waals surface area contributed by atoms with Gasteiger partial charge in [0.1, 0.15) is 23.4 Å². The predicted molar refractivity (Wildman–Crippen MR) is 153 cm³/mol. The van der Waals surface area contributed by atoms with Gasteiger partial charge in [-0.1, -0.05) is 42.5 Å². The van der Waals surface area contributed by atoms with Gasteiger partial charge in [0.2, 0.25) is 0 Å². The lowest BCUT2D eigenvalue weighted by Gasteiger charge is -2.35. The zero-order chi connectivity index (χ0) is 27.0. The molecule has 4 aromatic rings. The van der Waals surface area contributed by atoms with Gasteiger partial charge in [-0.15, -0.1) is 11.3 Å². The molecule has 9 heteroatoms. The van der Waals surface area contributed by atoms with Crippen molar-refractivity contribution >= 4 is 33.3 Å². The van der Waals surface area contributed by atoms with Crippen LogP contribution in [0.3, 0.4) is 0 Å². The molecule has 2 aliphatic rings. The van der Waals surface area contributed by atoms with Crippen LogP contribution < -0.4 is 9.64 Å². The molecule has 2 aromatic heterocycles. The summed E-state index contributed by atoms with van der Waals surface area (Å²) in [4.78, 5) is 28.9. The van der Waals surface area contributed by atoms with Crippen LogP contribution >= 0.6 is 11.3 Å². The lowest BCUT2D eigenvalue weighted by Crippen LogP contribution is -2.49. The minimum Gasteiger partial charge on any atom is -0.461 e. The number of carbonyl (C=O) groups is 1. The van der Waals surface area contributed by atoms with E-state index >= 15 is 0 Å². The van der Waals surface area contributed by atoms with Crippen molar-refractivity contribution in [1.29, 1.82) is 0 Å². The number of anilines is 1. The molecule has 6 rings (SSSR count). The SMILES string of the molecule is Cc1cc2c(N3CCN(C(=O)c4ccc(-c5ccccc5)cc4)CC3)nc(OC[C@H]3COC(C)(C)O3)nc2s1. The van der Waals surface area contributed by atoms with Crippen LogP contribution in [0.2, 0.25) is 0 Å². The first-order valence-electron chi connectivity index (χ1n) is 13.3. The van der Waals surface area contributed by atoms with Crippen molar-refractivity contribution in [2.45, 2.75) is 32.7 Å². The minimum atomic E-state index is -0.601. The normalized spacial score (nSPS) is 19.0. The van der Waals surface area contributed by atoms with Crippen molar-refractivity contribution in [3.63, 3.8) is 0 Å². The second-order valence-corrected chi connectivity index (χ2v) is 11.6. The Labute approximate surface area is 232 Å². The largest absolute Gasteiger partial charge is 0.461 e. The molecule has 1 atom stereocenters. The number of thiophene rings is 1. The highest BCUT2D eigenvalue weighted by Crippen LogP contribution is 2.33. The van der Waals surface area contributed by atoms with E-state index in [0.29, 0.717) is 51.0 Å². The molecule has 2 aromatic carbocycles. The molecule has 8 nitrogen and oxygen atoms in total. The molecule has 2 saturated heterocycles. The third-order valence-electron chi connectivity index (χ3n) is 7.05. The Kier molecular flexibility index (Phi) is 6.97. The molecule has 4 heterocycles. The summed E-state index contributed by atoms with van der Waals surface area (Å²) in [6, 6.07) is 20.5. The first kappa shape index (κ1) is 25.7. The molecule has 202 valence electrons. The van der Waals surface area contributed by atoms with Crippen molar-refractivity contribution < 1.29 is 19.0 Å². The Bertz CT molecular complexity index is 1460. The number of carbonyl (C=O) groups excluding carboxylic acids is 1. The average molecular weight is 545 g/mol. The molecular formula is C30H32N4O4S. The maximum Gasteiger partial charge on any atom is 0.319 e. The van der Waals surface area contributed by atoms with Gasteiger partial charge >= 0.3 is 6.01 Å². The van der Waals surface area contributed by atoms with Crippen molar-refractivity contribution in [2.75, 3.05) is 44.3 Å². The van der Waals surface area contributed by atoms with E-state index in [9.17, 15) is 4.79 Å². The fourth-order valence-corrected chi connectivity index (χ4v) is 5.93. The molecule has 0 N–H and O–H groups in total. The summed E-state index contributed by atoms with van der Waals surface area (Å²) in [6.45, 7) is 9.26. The Morgan fingerprint density at radius 1 is 1.03 bits per heavy atom. The standard InChI is InChI=1S/C30H32N4O4S/c1-20-17-25-26(31-29(32-27(25)39-20)36-18-24-19-37-30(2,3)38-24)33-13-15-34(16-14-33)28(35)23-11-9-22(10-12-23)21-7-5-4-6-8-21/h4-12,17,24H,13-16,18-19H2,1-3H3/t24-/m0/s1.